The normalized spacial score (nSPS) is 12.1. The summed E-state index contributed by atoms with van der Waals surface area (Å²) in [6, 6.07) is 14.3. The smallest absolute Gasteiger partial charge is 0.241 e. The molecule has 0 fully saturated rings. The van der Waals surface area contributed by atoms with Gasteiger partial charge in [-0.25, -0.2) is 4.98 Å². The maximum absolute atomic E-state index is 12.8. The molecule has 1 amide bonds. The lowest BCUT2D eigenvalue weighted by Crippen LogP contribution is -2.37. The second-order valence-corrected chi connectivity index (χ2v) is 8.56. The fraction of sp³-hybridized carbons (Fsp3) is 0.154. The van der Waals surface area contributed by atoms with Crippen LogP contribution in [0.25, 0.3) is 27.8 Å². The zero-order valence-corrected chi connectivity index (χ0v) is 20.0. The van der Waals surface area contributed by atoms with Gasteiger partial charge in [-0.2, -0.15) is 0 Å². The Morgan fingerprint density at radius 2 is 1.97 bits per heavy atom. The van der Waals surface area contributed by atoms with Gasteiger partial charge in [0.1, 0.15) is 17.1 Å². The third-order valence-corrected chi connectivity index (χ3v) is 6.22. The highest BCUT2D eigenvalue weighted by Gasteiger charge is 2.18. The molecule has 5 rings (SSSR count). The first-order chi connectivity index (χ1) is 17.0. The molecule has 5 aromatic rings. The average molecular weight is 490 g/mol. The van der Waals surface area contributed by atoms with Crippen molar-refractivity contribution >= 4 is 39.7 Å². The van der Waals surface area contributed by atoms with Gasteiger partial charge in [-0.1, -0.05) is 29.8 Å². The fourth-order valence-corrected chi connectivity index (χ4v) is 4.36. The van der Waals surface area contributed by atoms with Crippen LogP contribution < -0.4 is 20.5 Å². The minimum absolute atomic E-state index is 0.269. The molecule has 0 spiro atoms. The molecule has 0 unspecified atom stereocenters. The molecule has 0 aliphatic rings. The molecule has 0 aliphatic carbocycles. The number of nitrogens with zero attached hydrogens (tertiary/aromatic N) is 2. The van der Waals surface area contributed by atoms with Crippen molar-refractivity contribution in [1.29, 1.82) is 0 Å². The number of amides is 1. The molecule has 0 aliphatic heterocycles. The number of para-hydroxylation sites is 1. The number of methoxy groups -OCH3 is 2. The van der Waals surface area contributed by atoms with Gasteiger partial charge < -0.3 is 29.9 Å². The lowest BCUT2D eigenvalue weighted by molar-refractivity contribution is -0.117. The van der Waals surface area contributed by atoms with E-state index >= 15 is 0 Å². The van der Waals surface area contributed by atoms with Crippen LogP contribution in [0, 0.1) is 0 Å². The summed E-state index contributed by atoms with van der Waals surface area (Å²) in [4.78, 5) is 20.7. The predicted molar refractivity (Wildman–Crippen MR) is 137 cm³/mol. The largest absolute Gasteiger partial charge is 0.496 e. The standard InChI is InChI=1S/C26H24ClN5O3/c1-34-23-12-24(35-2)19(27)11-18(23)22-14-32-8-7-16(10-25(32)31-22)30-26(33)20(28)9-15-13-29-21-6-4-3-5-17(15)21/h3-8,10-14,20,29H,9,28H2,1-2H3,(H,30,33)/t20-/m0/s1. The summed E-state index contributed by atoms with van der Waals surface area (Å²) in [6.45, 7) is 0. The number of nitrogens with two attached hydrogens (primary N) is 1. The number of nitrogens with one attached hydrogen (secondary N) is 2. The molecular formula is C26H24ClN5O3. The van der Waals surface area contributed by atoms with Gasteiger partial charge in [0.15, 0.2) is 0 Å². The highest BCUT2D eigenvalue weighted by Crippen LogP contribution is 2.38. The maximum atomic E-state index is 12.8. The molecule has 0 bridgehead atoms. The zero-order valence-electron chi connectivity index (χ0n) is 19.2. The molecule has 178 valence electrons. The third kappa shape index (κ3) is 4.41. The van der Waals surface area contributed by atoms with Crippen LogP contribution in [0.5, 0.6) is 11.5 Å². The first-order valence-electron chi connectivity index (χ1n) is 11.0. The number of carbonyl (C=O) groups excluding carboxylic acids is 1. The molecule has 1 atom stereocenters. The van der Waals surface area contributed by atoms with Crippen molar-refractivity contribution in [1.82, 2.24) is 14.4 Å². The SMILES string of the molecule is COc1cc(OC)c(-c2cn3ccc(NC(=O)[C@@H](N)Cc4c[nH]c5ccccc45)cc3n2)cc1Cl. The number of anilines is 1. The molecule has 2 aromatic carbocycles. The van der Waals surface area contributed by atoms with Crippen LogP contribution in [-0.2, 0) is 11.2 Å². The number of aromatic nitrogens is 3. The second-order valence-electron chi connectivity index (χ2n) is 8.15. The van der Waals surface area contributed by atoms with Crippen LogP contribution in [0.15, 0.2) is 67.1 Å². The number of benzene rings is 2. The number of fused-ring (bicyclic) bond motifs is 2. The Morgan fingerprint density at radius 1 is 1.17 bits per heavy atom. The summed E-state index contributed by atoms with van der Waals surface area (Å²) < 4.78 is 12.6. The Kier molecular flexibility index (Phi) is 6.07. The lowest BCUT2D eigenvalue weighted by Gasteiger charge is -2.12. The Labute approximate surface area is 206 Å². The number of imidazole rings is 1. The van der Waals surface area contributed by atoms with E-state index in [1.165, 1.54) is 0 Å². The van der Waals surface area contributed by atoms with Crippen molar-refractivity contribution in [3.8, 4) is 22.8 Å². The molecular weight excluding hydrogens is 466 g/mol. The van der Waals surface area contributed by atoms with E-state index in [9.17, 15) is 4.79 Å². The Balaban J connectivity index is 1.36. The van der Waals surface area contributed by atoms with E-state index in [2.05, 4.69) is 10.3 Å². The zero-order chi connectivity index (χ0) is 24.5. The summed E-state index contributed by atoms with van der Waals surface area (Å²) in [6.07, 6.45) is 6.01. The van der Waals surface area contributed by atoms with Crippen molar-refractivity contribution in [2.75, 3.05) is 19.5 Å². The highest BCUT2D eigenvalue weighted by molar-refractivity contribution is 6.32. The predicted octanol–water partition coefficient (Wildman–Crippen LogP) is 4.66. The first kappa shape index (κ1) is 22.8. The van der Waals surface area contributed by atoms with Gasteiger partial charge in [0.2, 0.25) is 5.91 Å². The van der Waals surface area contributed by atoms with E-state index < -0.39 is 6.04 Å². The maximum Gasteiger partial charge on any atom is 0.241 e. The first-order valence-corrected chi connectivity index (χ1v) is 11.4. The summed E-state index contributed by atoms with van der Waals surface area (Å²) in [5.74, 6) is 0.839. The monoisotopic (exact) mass is 489 g/mol. The molecule has 3 aromatic heterocycles. The van der Waals surface area contributed by atoms with Crippen molar-refractivity contribution in [3.63, 3.8) is 0 Å². The van der Waals surface area contributed by atoms with E-state index in [1.807, 2.05) is 47.3 Å². The van der Waals surface area contributed by atoms with Crippen LogP contribution in [0.1, 0.15) is 5.56 Å². The minimum Gasteiger partial charge on any atom is -0.496 e. The number of H-pyrrole nitrogens is 1. The Bertz CT molecular complexity index is 1540. The van der Waals surface area contributed by atoms with E-state index in [-0.39, 0.29) is 5.91 Å². The van der Waals surface area contributed by atoms with E-state index in [4.69, 9.17) is 31.8 Å². The van der Waals surface area contributed by atoms with Crippen molar-refractivity contribution in [3.05, 3.63) is 77.7 Å². The van der Waals surface area contributed by atoms with E-state index in [1.54, 1.807) is 38.5 Å². The Hall–Kier alpha value is -4.01. The van der Waals surface area contributed by atoms with Crippen LogP contribution >= 0.6 is 11.6 Å². The van der Waals surface area contributed by atoms with Crippen LogP contribution in [0.4, 0.5) is 5.69 Å². The number of rotatable bonds is 7. The fourth-order valence-electron chi connectivity index (χ4n) is 4.11. The third-order valence-electron chi connectivity index (χ3n) is 5.93. The van der Waals surface area contributed by atoms with Crippen molar-refractivity contribution in [2.24, 2.45) is 5.73 Å². The van der Waals surface area contributed by atoms with Crippen LogP contribution in [0.2, 0.25) is 5.02 Å². The lowest BCUT2D eigenvalue weighted by atomic mass is 10.1. The van der Waals surface area contributed by atoms with Gasteiger partial charge in [0, 0.05) is 52.9 Å². The van der Waals surface area contributed by atoms with Gasteiger partial charge in [0.25, 0.3) is 0 Å². The number of ether oxygens (including phenoxy) is 2. The molecule has 4 N–H and O–H groups in total. The number of halogens is 1. The minimum atomic E-state index is -0.702. The molecule has 0 saturated heterocycles. The second kappa shape index (κ2) is 9.32. The van der Waals surface area contributed by atoms with Crippen LogP contribution in [-0.4, -0.2) is 40.5 Å². The number of pyridine rings is 1. The topological polar surface area (TPSA) is 107 Å². The molecule has 9 heteroatoms. The summed E-state index contributed by atoms with van der Waals surface area (Å²) in [5.41, 5.74) is 10.9. The molecule has 0 saturated carbocycles. The number of aromatic amines is 1. The van der Waals surface area contributed by atoms with E-state index in [0.717, 1.165) is 22.0 Å². The summed E-state index contributed by atoms with van der Waals surface area (Å²) >= 11 is 6.33. The molecule has 0 radical (unpaired) electrons. The molecule has 3 heterocycles. The summed E-state index contributed by atoms with van der Waals surface area (Å²) in [7, 11) is 3.13. The highest BCUT2D eigenvalue weighted by atomic mass is 35.5. The van der Waals surface area contributed by atoms with Gasteiger partial charge in [0.05, 0.1) is 31.0 Å². The Morgan fingerprint density at radius 3 is 2.77 bits per heavy atom. The van der Waals surface area contributed by atoms with Gasteiger partial charge in [-0.05, 0) is 30.2 Å². The quantitative estimate of drug-likeness (QED) is 0.308. The van der Waals surface area contributed by atoms with E-state index in [0.29, 0.717) is 40.0 Å². The number of hydrogen-bond acceptors (Lipinski definition) is 5. The number of carbonyl (C=O) groups is 1. The van der Waals surface area contributed by atoms with Crippen LogP contribution in [0.3, 0.4) is 0 Å². The molecule has 35 heavy (non-hydrogen) atoms. The molecule has 8 nitrogen and oxygen atoms in total. The van der Waals surface area contributed by atoms with Gasteiger partial charge >= 0.3 is 0 Å². The van der Waals surface area contributed by atoms with Gasteiger partial charge in [-0.15, -0.1) is 0 Å². The van der Waals surface area contributed by atoms with Crippen molar-refractivity contribution in [2.45, 2.75) is 12.5 Å². The van der Waals surface area contributed by atoms with Gasteiger partial charge in [-0.3, -0.25) is 4.79 Å². The average Bonchev–Trinajstić information content (AvgIpc) is 3.47. The van der Waals surface area contributed by atoms with Crippen molar-refractivity contribution < 1.29 is 14.3 Å². The number of hydrogen-bond donors (Lipinski definition) is 3. The summed E-state index contributed by atoms with van der Waals surface area (Å²) in [5, 5.41) is 4.42.